The zero-order valence-corrected chi connectivity index (χ0v) is 20.8. The van der Waals surface area contributed by atoms with Crippen LogP contribution in [0.4, 0.5) is 21.7 Å². The molecule has 186 valence electrons. The van der Waals surface area contributed by atoms with Crippen molar-refractivity contribution in [2.45, 2.75) is 6.42 Å². The van der Waals surface area contributed by atoms with Crippen molar-refractivity contribution in [1.29, 1.82) is 0 Å². The normalized spacial score (nSPS) is 11.0. The third-order valence-corrected chi connectivity index (χ3v) is 6.74. The predicted molar refractivity (Wildman–Crippen MR) is 148 cm³/mol. The lowest BCUT2D eigenvalue weighted by Crippen LogP contribution is -2.13. The molecule has 0 radical (unpaired) electrons. The zero-order chi connectivity index (χ0) is 25.9. The molecule has 4 aromatic heterocycles. The van der Waals surface area contributed by atoms with Gasteiger partial charge in [0.05, 0.1) is 23.2 Å². The fraction of sp³-hybridized carbons (Fsp3) is 0.0345. The van der Waals surface area contributed by atoms with E-state index in [1.54, 1.807) is 34.2 Å². The van der Waals surface area contributed by atoms with Crippen LogP contribution < -0.4 is 10.6 Å². The summed E-state index contributed by atoms with van der Waals surface area (Å²) in [7, 11) is 0. The van der Waals surface area contributed by atoms with Gasteiger partial charge in [-0.15, -0.1) is 11.3 Å². The van der Waals surface area contributed by atoms with Crippen LogP contribution in [0.1, 0.15) is 4.88 Å². The first-order valence-electron chi connectivity index (χ1n) is 11.9. The molecule has 1 amide bonds. The van der Waals surface area contributed by atoms with Crippen molar-refractivity contribution in [3.05, 3.63) is 113 Å². The Morgan fingerprint density at radius 2 is 1.84 bits per heavy atom. The van der Waals surface area contributed by atoms with Gasteiger partial charge >= 0.3 is 0 Å². The number of thiophene rings is 1. The van der Waals surface area contributed by atoms with Gasteiger partial charge in [-0.3, -0.25) is 4.79 Å². The monoisotopic (exact) mass is 520 g/mol. The Morgan fingerprint density at radius 3 is 2.71 bits per heavy atom. The van der Waals surface area contributed by atoms with Gasteiger partial charge in [0.1, 0.15) is 11.5 Å². The SMILES string of the molecule is O=C(Cc1cccs1)Nc1cccc(-c2nn3ccccc3c2-c2ccnc(Nc3cccc(F)c3)n2)c1. The minimum atomic E-state index is -0.349. The molecule has 0 saturated heterocycles. The van der Waals surface area contributed by atoms with E-state index in [9.17, 15) is 9.18 Å². The molecule has 0 fully saturated rings. The number of rotatable bonds is 7. The maximum absolute atomic E-state index is 13.7. The van der Waals surface area contributed by atoms with Gasteiger partial charge in [-0.1, -0.05) is 30.3 Å². The summed E-state index contributed by atoms with van der Waals surface area (Å²) in [6.07, 6.45) is 3.85. The van der Waals surface area contributed by atoms with Gasteiger partial charge in [-0.2, -0.15) is 5.10 Å². The van der Waals surface area contributed by atoms with Crippen LogP contribution in [0.2, 0.25) is 0 Å². The van der Waals surface area contributed by atoms with Crippen molar-refractivity contribution in [1.82, 2.24) is 19.6 Å². The molecule has 38 heavy (non-hydrogen) atoms. The molecular weight excluding hydrogens is 499 g/mol. The summed E-state index contributed by atoms with van der Waals surface area (Å²) in [5, 5.41) is 12.9. The Bertz CT molecular complexity index is 1750. The van der Waals surface area contributed by atoms with Gasteiger partial charge in [-0.25, -0.2) is 18.9 Å². The molecule has 0 atom stereocenters. The number of hydrogen-bond donors (Lipinski definition) is 2. The van der Waals surface area contributed by atoms with Crippen LogP contribution >= 0.6 is 11.3 Å². The minimum Gasteiger partial charge on any atom is -0.326 e. The molecule has 7 nitrogen and oxygen atoms in total. The van der Waals surface area contributed by atoms with Crippen LogP contribution in [0.5, 0.6) is 0 Å². The number of benzene rings is 2. The van der Waals surface area contributed by atoms with Gasteiger partial charge in [0, 0.05) is 34.2 Å². The molecule has 4 heterocycles. The van der Waals surface area contributed by atoms with Gasteiger partial charge in [0.15, 0.2) is 0 Å². The molecule has 9 heteroatoms. The fourth-order valence-electron chi connectivity index (χ4n) is 4.23. The number of halogens is 1. The van der Waals surface area contributed by atoms with Crippen molar-refractivity contribution < 1.29 is 9.18 Å². The zero-order valence-electron chi connectivity index (χ0n) is 20.0. The van der Waals surface area contributed by atoms with Crippen LogP contribution in [0.25, 0.3) is 28.0 Å². The summed E-state index contributed by atoms with van der Waals surface area (Å²) in [6.45, 7) is 0. The Morgan fingerprint density at radius 1 is 0.947 bits per heavy atom. The highest BCUT2D eigenvalue weighted by molar-refractivity contribution is 7.10. The van der Waals surface area contributed by atoms with Crippen LogP contribution in [0.15, 0.2) is 103 Å². The molecule has 2 N–H and O–H groups in total. The molecule has 0 aliphatic heterocycles. The maximum atomic E-state index is 13.7. The topological polar surface area (TPSA) is 84.2 Å². The van der Waals surface area contributed by atoms with Crippen molar-refractivity contribution in [2.24, 2.45) is 0 Å². The lowest BCUT2D eigenvalue weighted by molar-refractivity contribution is -0.115. The summed E-state index contributed by atoms with van der Waals surface area (Å²) >= 11 is 1.56. The van der Waals surface area contributed by atoms with Gasteiger partial charge in [0.2, 0.25) is 11.9 Å². The number of pyridine rings is 1. The molecule has 0 spiro atoms. The Hall–Kier alpha value is -4.89. The van der Waals surface area contributed by atoms with E-state index < -0.39 is 0 Å². The molecule has 2 aromatic carbocycles. The molecule has 6 rings (SSSR count). The number of fused-ring (bicyclic) bond motifs is 1. The molecule has 0 bridgehead atoms. The number of hydrogen-bond acceptors (Lipinski definition) is 6. The van der Waals surface area contributed by atoms with Crippen LogP contribution in [0.3, 0.4) is 0 Å². The van der Waals surface area contributed by atoms with Crippen molar-refractivity contribution in [3.8, 4) is 22.5 Å². The first-order valence-corrected chi connectivity index (χ1v) is 12.8. The van der Waals surface area contributed by atoms with E-state index in [4.69, 9.17) is 10.1 Å². The van der Waals surface area contributed by atoms with E-state index in [2.05, 4.69) is 15.6 Å². The Balaban J connectivity index is 1.37. The second-order valence-electron chi connectivity index (χ2n) is 8.54. The number of carbonyl (C=O) groups excluding carboxylic acids is 1. The van der Waals surface area contributed by atoms with E-state index in [1.807, 2.05) is 72.2 Å². The third kappa shape index (κ3) is 5.00. The number of anilines is 3. The Kier molecular flexibility index (Phi) is 6.33. The van der Waals surface area contributed by atoms with E-state index in [-0.39, 0.29) is 11.7 Å². The van der Waals surface area contributed by atoms with Crippen LogP contribution in [-0.4, -0.2) is 25.5 Å². The summed E-state index contributed by atoms with van der Waals surface area (Å²) in [4.78, 5) is 22.6. The second kappa shape index (κ2) is 10.2. The molecule has 0 aliphatic rings. The van der Waals surface area contributed by atoms with Gasteiger partial charge in [-0.05, 0) is 60.0 Å². The van der Waals surface area contributed by atoms with E-state index >= 15 is 0 Å². The largest absolute Gasteiger partial charge is 0.326 e. The molecule has 6 aromatic rings. The highest BCUT2D eigenvalue weighted by Gasteiger charge is 2.19. The Labute approximate surface area is 221 Å². The summed E-state index contributed by atoms with van der Waals surface area (Å²) < 4.78 is 15.5. The predicted octanol–water partition coefficient (Wildman–Crippen LogP) is 6.58. The molecule has 0 aliphatic carbocycles. The van der Waals surface area contributed by atoms with Gasteiger partial charge < -0.3 is 10.6 Å². The number of amides is 1. The average molecular weight is 521 g/mol. The highest BCUT2D eigenvalue weighted by atomic mass is 32.1. The van der Waals surface area contributed by atoms with Crippen molar-refractivity contribution >= 4 is 40.1 Å². The summed E-state index contributed by atoms with van der Waals surface area (Å²) in [5.74, 6) is -0.0916. The highest BCUT2D eigenvalue weighted by Crippen LogP contribution is 2.35. The number of nitrogens with zero attached hydrogens (tertiary/aromatic N) is 4. The molecule has 0 unspecified atom stereocenters. The third-order valence-electron chi connectivity index (χ3n) is 5.87. The van der Waals surface area contributed by atoms with Crippen LogP contribution in [0, 0.1) is 5.82 Å². The number of nitrogens with one attached hydrogen (secondary N) is 2. The van der Waals surface area contributed by atoms with Crippen molar-refractivity contribution in [3.63, 3.8) is 0 Å². The second-order valence-corrected chi connectivity index (χ2v) is 9.57. The lowest BCUT2D eigenvalue weighted by atomic mass is 10.0. The number of aromatic nitrogens is 4. The average Bonchev–Trinajstić information content (AvgIpc) is 3.57. The van der Waals surface area contributed by atoms with E-state index in [0.29, 0.717) is 35.1 Å². The summed E-state index contributed by atoms with van der Waals surface area (Å²) in [5.41, 5.74) is 5.11. The molecular formula is C29H21FN6OS. The first-order chi connectivity index (χ1) is 18.6. The van der Waals surface area contributed by atoms with Crippen molar-refractivity contribution in [2.75, 3.05) is 10.6 Å². The summed E-state index contributed by atoms with van der Waals surface area (Å²) in [6, 6.07) is 25.3. The smallest absolute Gasteiger partial charge is 0.229 e. The number of carbonyl (C=O) groups is 1. The maximum Gasteiger partial charge on any atom is 0.229 e. The van der Waals surface area contributed by atoms with Gasteiger partial charge in [0.25, 0.3) is 0 Å². The first kappa shape index (κ1) is 23.5. The standard InChI is InChI=1S/C29H21FN6OS/c30-20-7-4-9-22(17-20)33-29-31-13-12-24(34-29)27-25-11-1-2-14-36(25)35-28(27)19-6-3-8-21(16-19)32-26(37)18-23-10-5-15-38-23/h1-17H,18H2,(H,32,37)(H,31,33,34). The lowest BCUT2D eigenvalue weighted by Gasteiger charge is -2.09. The van der Waals surface area contributed by atoms with E-state index in [0.717, 1.165) is 21.5 Å². The fourth-order valence-corrected chi connectivity index (χ4v) is 4.93. The van der Waals surface area contributed by atoms with Crippen LogP contribution in [-0.2, 0) is 11.2 Å². The molecule has 0 saturated carbocycles. The van der Waals surface area contributed by atoms with E-state index in [1.165, 1.54) is 12.1 Å². The quantitative estimate of drug-likeness (QED) is 0.248. The minimum absolute atomic E-state index is 0.0799.